The van der Waals surface area contributed by atoms with Crippen LogP contribution in [0.15, 0.2) is 42.5 Å². The predicted octanol–water partition coefficient (Wildman–Crippen LogP) is 3.85. The molecular formula is C25H30N2O. The number of amides is 1. The van der Waals surface area contributed by atoms with Gasteiger partial charge in [-0.1, -0.05) is 53.6 Å². The fourth-order valence-electron chi connectivity index (χ4n) is 5.99. The lowest BCUT2D eigenvalue weighted by Crippen LogP contribution is -2.65. The monoisotopic (exact) mass is 374 g/mol. The number of fused-ring (bicyclic) bond motifs is 1. The minimum absolute atomic E-state index is 0.0393. The first-order valence-corrected chi connectivity index (χ1v) is 10.6. The van der Waals surface area contributed by atoms with E-state index in [-0.39, 0.29) is 5.41 Å². The standard InChI is InChI=1S/C25H30N2O/c1-17-4-7-19(8-5-17)15-27-16-22-23-13-20-9-6-18(2)12-21(20)25(22,14-24(27)28)10-11-26(23)3/h4-9,12,22-23H,10-11,13-16H2,1-3H3/t22-,23+,25+/m0/s1. The Hall–Kier alpha value is -2.13. The molecule has 2 fully saturated rings. The number of hydrogen-bond donors (Lipinski definition) is 0. The lowest BCUT2D eigenvalue weighted by molar-refractivity contribution is -0.144. The van der Waals surface area contributed by atoms with Gasteiger partial charge < -0.3 is 9.80 Å². The summed E-state index contributed by atoms with van der Waals surface area (Å²) in [6.07, 6.45) is 2.89. The van der Waals surface area contributed by atoms with E-state index in [1.807, 2.05) is 0 Å². The smallest absolute Gasteiger partial charge is 0.223 e. The van der Waals surface area contributed by atoms with Crippen molar-refractivity contribution in [2.75, 3.05) is 20.1 Å². The zero-order valence-electron chi connectivity index (χ0n) is 17.2. The minimum Gasteiger partial charge on any atom is -0.338 e. The largest absolute Gasteiger partial charge is 0.338 e. The van der Waals surface area contributed by atoms with Crippen molar-refractivity contribution >= 4 is 5.91 Å². The van der Waals surface area contributed by atoms with Gasteiger partial charge in [-0.2, -0.15) is 0 Å². The number of piperidine rings is 2. The molecule has 1 amide bonds. The van der Waals surface area contributed by atoms with Crippen molar-refractivity contribution in [3.63, 3.8) is 0 Å². The summed E-state index contributed by atoms with van der Waals surface area (Å²) in [4.78, 5) is 18.0. The van der Waals surface area contributed by atoms with Crippen molar-refractivity contribution in [2.45, 2.75) is 51.1 Å². The van der Waals surface area contributed by atoms with Crippen LogP contribution in [0.25, 0.3) is 0 Å². The van der Waals surface area contributed by atoms with Crippen LogP contribution in [0.5, 0.6) is 0 Å². The van der Waals surface area contributed by atoms with Gasteiger partial charge in [0.15, 0.2) is 0 Å². The second kappa shape index (κ2) is 6.45. The zero-order valence-corrected chi connectivity index (χ0v) is 17.2. The van der Waals surface area contributed by atoms with E-state index in [0.717, 1.165) is 32.5 Å². The lowest BCUT2D eigenvalue weighted by atomic mass is 9.54. The Bertz CT molecular complexity index is 919. The van der Waals surface area contributed by atoms with Crippen molar-refractivity contribution < 1.29 is 4.79 Å². The number of benzene rings is 2. The number of likely N-dealkylation sites (N-methyl/N-ethyl adjacent to an activating group) is 1. The van der Waals surface area contributed by atoms with Crippen LogP contribution in [-0.4, -0.2) is 41.9 Å². The van der Waals surface area contributed by atoms with E-state index in [0.29, 0.717) is 24.3 Å². The van der Waals surface area contributed by atoms with E-state index in [1.165, 1.54) is 27.8 Å². The van der Waals surface area contributed by atoms with Crippen molar-refractivity contribution in [3.8, 4) is 0 Å². The van der Waals surface area contributed by atoms with Crippen LogP contribution in [0, 0.1) is 19.8 Å². The van der Waals surface area contributed by atoms with Crippen LogP contribution >= 0.6 is 0 Å². The van der Waals surface area contributed by atoms with E-state index < -0.39 is 0 Å². The summed E-state index contributed by atoms with van der Waals surface area (Å²) in [7, 11) is 2.27. The van der Waals surface area contributed by atoms with Gasteiger partial charge in [0.05, 0.1) is 0 Å². The Labute approximate surface area is 168 Å². The molecule has 3 aliphatic rings. The van der Waals surface area contributed by atoms with Crippen molar-refractivity contribution in [1.29, 1.82) is 0 Å². The van der Waals surface area contributed by atoms with Gasteiger partial charge in [0.1, 0.15) is 0 Å². The molecule has 0 unspecified atom stereocenters. The summed E-state index contributed by atoms with van der Waals surface area (Å²) in [5.74, 6) is 0.859. The topological polar surface area (TPSA) is 23.6 Å². The molecule has 3 heteroatoms. The average molecular weight is 375 g/mol. The zero-order chi connectivity index (χ0) is 19.5. The molecule has 5 rings (SSSR count). The lowest BCUT2D eigenvalue weighted by Gasteiger charge is -2.59. The number of likely N-dealkylation sites (tertiary alicyclic amines) is 2. The Morgan fingerprint density at radius 1 is 1.07 bits per heavy atom. The third-order valence-electron chi connectivity index (χ3n) is 7.61. The first-order chi connectivity index (χ1) is 13.5. The summed E-state index contributed by atoms with van der Waals surface area (Å²) in [5, 5.41) is 0. The fraction of sp³-hybridized carbons (Fsp3) is 0.480. The van der Waals surface area contributed by atoms with Gasteiger partial charge in [-0.15, -0.1) is 0 Å². The fourth-order valence-corrected chi connectivity index (χ4v) is 5.99. The highest BCUT2D eigenvalue weighted by Gasteiger charge is 2.56. The van der Waals surface area contributed by atoms with E-state index >= 15 is 0 Å². The molecule has 3 nitrogen and oxygen atoms in total. The predicted molar refractivity (Wildman–Crippen MR) is 112 cm³/mol. The molecule has 2 bridgehead atoms. The number of nitrogens with zero attached hydrogens (tertiary/aromatic N) is 2. The maximum atomic E-state index is 13.3. The van der Waals surface area contributed by atoms with E-state index in [4.69, 9.17) is 0 Å². The number of carbonyl (C=O) groups is 1. The molecular weight excluding hydrogens is 344 g/mol. The Morgan fingerprint density at radius 2 is 1.82 bits per heavy atom. The SMILES string of the molecule is Cc1ccc(CN2C[C@H]3[C@H]4Cc5ccc(C)cc5[C@@]3(CCN4C)CC2=O)cc1. The maximum absolute atomic E-state index is 13.3. The molecule has 1 aliphatic carbocycles. The molecule has 2 aromatic rings. The van der Waals surface area contributed by atoms with Crippen LogP contribution in [-0.2, 0) is 23.2 Å². The average Bonchev–Trinajstić information content (AvgIpc) is 2.68. The van der Waals surface area contributed by atoms with E-state index in [1.54, 1.807) is 0 Å². The third-order valence-corrected chi connectivity index (χ3v) is 7.61. The van der Waals surface area contributed by atoms with E-state index in [9.17, 15) is 4.79 Å². The first kappa shape index (κ1) is 17.9. The summed E-state index contributed by atoms with van der Waals surface area (Å²) in [5.41, 5.74) is 6.81. The van der Waals surface area contributed by atoms with Gasteiger partial charge in [-0.05, 0) is 57.0 Å². The van der Waals surface area contributed by atoms with Crippen molar-refractivity contribution in [1.82, 2.24) is 9.80 Å². The molecule has 0 radical (unpaired) electrons. The van der Waals surface area contributed by atoms with Crippen LogP contribution in [0.1, 0.15) is 40.7 Å². The normalized spacial score (nSPS) is 29.4. The van der Waals surface area contributed by atoms with Crippen molar-refractivity contribution in [3.05, 3.63) is 70.3 Å². The molecule has 0 saturated carbocycles. The molecule has 146 valence electrons. The minimum atomic E-state index is 0.0393. The second-order valence-electron chi connectivity index (χ2n) is 9.36. The van der Waals surface area contributed by atoms with Gasteiger partial charge in [0, 0.05) is 36.9 Å². The van der Waals surface area contributed by atoms with Crippen LogP contribution in [0.3, 0.4) is 0 Å². The van der Waals surface area contributed by atoms with Gasteiger partial charge in [0.25, 0.3) is 0 Å². The molecule has 0 aromatic heterocycles. The first-order valence-electron chi connectivity index (χ1n) is 10.6. The molecule has 3 atom stereocenters. The summed E-state index contributed by atoms with van der Waals surface area (Å²) in [6.45, 7) is 7.01. The molecule has 2 saturated heterocycles. The second-order valence-corrected chi connectivity index (χ2v) is 9.36. The van der Waals surface area contributed by atoms with Crippen LogP contribution in [0.4, 0.5) is 0 Å². The van der Waals surface area contributed by atoms with E-state index in [2.05, 4.69) is 73.2 Å². The molecule has 2 aromatic carbocycles. The highest BCUT2D eigenvalue weighted by atomic mass is 16.2. The van der Waals surface area contributed by atoms with Crippen molar-refractivity contribution in [2.24, 2.45) is 5.92 Å². The Morgan fingerprint density at radius 3 is 2.61 bits per heavy atom. The summed E-state index contributed by atoms with van der Waals surface area (Å²) in [6, 6.07) is 16.1. The highest BCUT2D eigenvalue weighted by Crippen LogP contribution is 2.53. The maximum Gasteiger partial charge on any atom is 0.223 e. The number of carbonyl (C=O) groups excluding carboxylic acids is 1. The summed E-state index contributed by atoms with van der Waals surface area (Å²) >= 11 is 0. The molecule has 0 N–H and O–H groups in total. The number of hydrogen-bond acceptors (Lipinski definition) is 2. The van der Waals surface area contributed by atoms with Gasteiger partial charge in [0.2, 0.25) is 5.91 Å². The molecule has 28 heavy (non-hydrogen) atoms. The molecule has 2 aliphatic heterocycles. The van der Waals surface area contributed by atoms with Gasteiger partial charge >= 0.3 is 0 Å². The summed E-state index contributed by atoms with van der Waals surface area (Å²) < 4.78 is 0. The van der Waals surface area contributed by atoms with Crippen LogP contribution in [0.2, 0.25) is 0 Å². The number of rotatable bonds is 2. The van der Waals surface area contributed by atoms with Crippen LogP contribution < -0.4 is 0 Å². The molecule has 0 spiro atoms. The quantitative estimate of drug-likeness (QED) is 0.797. The highest BCUT2D eigenvalue weighted by molar-refractivity contribution is 5.80. The molecule has 2 heterocycles. The van der Waals surface area contributed by atoms with Gasteiger partial charge in [-0.25, -0.2) is 0 Å². The van der Waals surface area contributed by atoms with Gasteiger partial charge in [-0.3, -0.25) is 4.79 Å². The third kappa shape index (κ3) is 2.71. The number of aryl methyl sites for hydroxylation is 2. The Kier molecular flexibility index (Phi) is 4.13. The Balaban J connectivity index is 1.51.